The number of nitrogens with zero attached hydrogens (tertiary/aromatic N) is 1. The highest BCUT2D eigenvalue weighted by molar-refractivity contribution is 6.33. The van der Waals surface area contributed by atoms with E-state index in [1.54, 1.807) is 42.5 Å². The van der Waals surface area contributed by atoms with Crippen LogP contribution < -0.4 is 16.0 Å². The van der Waals surface area contributed by atoms with Gasteiger partial charge in [-0.2, -0.15) is 0 Å². The zero-order valence-electron chi connectivity index (χ0n) is 15.4. The predicted octanol–water partition coefficient (Wildman–Crippen LogP) is 2.38. The number of ether oxygens (including phenoxy) is 1. The molecule has 4 rings (SSSR count). The highest BCUT2D eigenvalue weighted by Gasteiger charge is 2.20. The highest BCUT2D eigenvalue weighted by atomic mass is 16.5. The van der Waals surface area contributed by atoms with Gasteiger partial charge in [0.1, 0.15) is 11.3 Å². The van der Waals surface area contributed by atoms with Crippen molar-refractivity contribution in [3.63, 3.8) is 0 Å². The number of benzene rings is 2. The maximum absolute atomic E-state index is 12.4. The van der Waals surface area contributed by atoms with Gasteiger partial charge in [0.2, 0.25) is 5.88 Å². The van der Waals surface area contributed by atoms with Crippen LogP contribution in [-0.4, -0.2) is 27.6 Å². The van der Waals surface area contributed by atoms with Gasteiger partial charge in [-0.3, -0.25) is 14.6 Å². The molecular formula is C22H16N2O5. The van der Waals surface area contributed by atoms with Crippen molar-refractivity contribution in [1.29, 1.82) is 0 Å². The molecular weight excluding hydrogens is 372 g/mol. The standard InChI is InChI=1S/C22H16N2O5/c1-29-15-9-7-14(8-10-15)24-21(27)18(20(26)23-22(24)28)12-17-16-5-3-2-4-13(16)6-11-19(17)25/h2-12,27H,1H3,(H,23,26,28). The van der Waals surface area contributed by atoms with Crippen LogP contribution in [-0.2, 0) is 4.79 Å². The number of carbonyl (C=O) groups excluding carboxylic acids is 1. The van der Waals surface area contributed by atoms with Crippen molar-refractivity contribution in [2.24, 2.45) is 0 Å². The van der Waals surface area contributed by atoms with Crippen LogP contribution >= 0.6 is 0 Å². The van der Waals surface area contributed by atoms with Crippen molar-refractivity contribution < 1.29 is 14.6 Å². The van der Waals surface area contributed by atoms with E-state index < -0.39 is 17.1 Å². The van der Waals surface area contributed by atoms with Gasteiger partial charge >= 0.3 is 5.69 Å². The molecule has 7 heteroatoms. The predicted molar refractivity (Wildman–Crippen MR) is 109 cm³/mol. The van der Waals surface area contributed by atoms with Crippen LogP contribution in [0.25, 0.3) is 23.4 Å². The summed E-state index contributed by atoms with van der Waals surface area (Å²) in [4.78, 5) is 39.4. The van der Waals surface area contributed by atoms with Crippen molar-refractivity contribution in [2.45, 2.75) is 0 Å². The van der Waals surface area contributed by atoms with Crippen molar-refractivity contribution in [3.8, 4) is 17.3 Å². The number of rotatable bonds is 3. The quantitative estimate of drug-likeness (QED) is 0.671. The lowest BCUT2D eigenvalue weighted by atomic mass is 9.90. The van der Waals surface area contributed by atoms with Gasteiger partial charge in [0, 0.05) is 5.57 Å². The number of ketones is 1. The molecule has 0 bridgehead atoms. The molecule has 0 amide bonds. The number of nitrogens with one attached hydrogen (secondary N) is 1. The molecule has 0 saturated heterocycles. The zero-order valence-corrected chi connectivity index (χ0v) is 15.4. The second-order valence-corrected chi connectivity index (χ2v) is 6.37. The summed E-state index contributed by atoms with van der Waals surface area (Å²) in [5.41, 5.74) is 0.274. The fourth-order valence-corrected chi connectivity index (χ4v) is 3.21. The van der Waals surface area contributed by atoms with Crippen molar-refractivity contribution >= 4 is 23.5 Å². The third-order valence-electron chi connectivity index (χ3n) is 4.67. The number of hydrogen-bond acceptors (Lipinski definition) is 5. The zero-order chi connectivity index (χ0) is 20.5. The van der Waals surface area contributed by atoms with E-state index in [4.69, 9.17) is 4.74 Å². The molecule has 0 unspecified atom stereocenters. The summed E-state index contributed by atoms with van der Waals surface area (Å²) in [7, 11) is 1.51. The minimum Gasteiger partial charge on any atom is -0.497 e. The summed E-state index contributed by atoms with van der Waals surface area (Å²) in [5.74, 6) is -0.287. The number of aromatic amines is 1. The smallest absolute Gasteiger partial charge is 0.335 e. The van der Waals surface area contributed by atoms with Crippen LogP contribution in [0.3, 0.4) is 0 Å². The van der Waals surface area contributed by atoms with E-state index in [1.165, 1.54) is 19.3 Å². The Morgan fingerprint density at radius 2 is 1.72 bits per heavy atom. The van der Waals surface area contributed by atoms with Crippen LogP contribution in [0, 0.1) is 0 Å². The number of methoxy groups -OCH3 is 1. The summed E-state index contributed by atoms with van der Waals surface area (Å²) < 4.78 is 6.05. The molecule has 144 valence electrons. The Bertz CT molecular complexity index is 1290. The molecule has 0 aliphatic heterocycles. The number of aromatic hydroxyl groups is 1. The molecule has 3 aromatic rings. The van der Waals surface area contributed by atoms with Crippen LogP contribution in [0.15, 0.2) is 64.2 Å². The SMILES string of the molecule is COc1ccc(-n2c(O)c(C=C3C(=O)C=Cc4ccccc43)c(=O)[nH]c2=O)cc1. The third kappa shape index (κ3) is 3.19. The molecule has 0 fully saturated rings. The molecule has 7 nitrogen and oxygen atoms in total. The molecule has 0 atom stereocenters. The Labute approximate surface area is 164 Å². The maximum atomic E-state index is 12.4. The average Bonchev–Trinajstić information content (AvgIpc) is 2.72. The van der Waals surface area contributed by atoms with Crippen LogP contribution in [0.2, 0.25) is 0 Å². The van der Waals surface area contributed by atoms with Gasteiger partial charge in [-0.15, -0.1) is 0 Å². The van der Waals surface area contributed by atoms with Gasteiger partial charge in [-0.25, -0.2) is 9.36 Å². The lowest BCUT2D eigenvalue weighted by molar-refractivity contribution is -0.109. The number of hydrogen-bond donors (Lipinski definition) is 2. The first-order valence-electron chi connectivity index (χ1n) is 8.76. The van der Waals surface area contributed by atoms with Gasteiger partial charge in [-0.1, -0.05) is 30.3 Å². The topological polar surface area (TPSA) is 101 Å². The molecule has 0 radical (unpaired) electrons. The summed E-state index contributed by atoms with van der Waals surface area (Å²) in [6, 6.07) is 13.6. The first-order valence-corrected chi connectivity index (χ1v) is 8.76. The number of fused-ring (bicyclic) bond motifs is 1. The van der Waals surface area contributed by atoms with Crippen molar-refractivity contribution in [1.82, 2.24) is 9.55 Å². The van der Waals surface area contributed by atoms with Crippen LogP contribution in [0.4, 0.5) is 0 Å². The molecule has 2 aromatic carbocycles. The monoisotopic (exact) mass is 388 g/mol. The van der Waals surface area contributed by atoms with Crippen molar-refractivity contribution in [3.05, 3.63) is 92.1 Å². The largest absolute Gasteiger partial charge is 0.497 e. The Balaban J connectivity index is 1.92. The van der Waals surface area contributed by atoms with E-state index in [1.807, 2.05) is 12.1 Å². The third-order valence-corrected chi connectivity index (χ3v) is 4.67. The molecule has 0 spiro atoms. The van der Waals surface area contributed by atoms with Gasteiger partial charge < -0.3 is 9.84 Å². The lowest BCUT2D eigenvalue weighted by Crippen LogP contribution is -2.30. The van der Waals surface area contributed by atoms with Gasteiger partial charge in [0.05, 0.1) is 12.8 Å². The Morgan fingerprint density at radius 1 is 1.00 bits per heavy atom. The first kappa shape index (κ1) is 18.2. The normalized spacial score (nSPS) is 14.1. The minimum atomic E-state index is -0.796. The molecule has 1 aliphatic carbocycles. The molecule has 2 N–H and O–H groups in total. The lowest BCUT2D eigenvalue weighted by Gasteiger charge is -2.14. The molecule has 0 saturated carbocycles. The van der Waals surface area contributed by atoms with E-state index >= 15 is 0 Å². The number of carbonyl (C=O) groups is 1. The molecule has 1 aliphatic rings. The van der Waals surface area contributed by atoms with E-state index in [0.29, 0.717) is 17.0 Å². The molecule has 1 aromatic heterocycles. The molecule has 1 heterocycles. The second kappa shape index (κ2) is 7.12. The summed E-state index contributed by atoms with van der Waals surface area (Å²) in [5, 5.41) is 10.7. The molecule has 29 heavy (non-hydrogen) atoms. The summed E-state index contributed by atoms with van der Waals surface area (Å²) >= 11 is 0. The number of allylic oxidation sites excluding steroid dienone is 2. The fraction of sp³-hybridized carbons (Fsp3) is 0.0455. The summed E-state index contributed by atoms with van der Waals surface area (Å²) in [6.45, 7) is 0. The highest BCUT2D eigenvalue weighted by Crippen LogP contribution is 2.29. The van der Waals surface area contributed by atoms with Crippen molar-refractivity contribution in [2.75, 3.05) is 7.11 Å². The van der Waals surface area contributed by atoms with E-state index in [9.17, 15) is 19.5 Å². The first-order chi connectivity index (χ1) is 14.0. The Hall–Kier alpha value is -4.13. The van der Waals surface area contributed by atoms with E-state index in [-0.39, 0.29) is 16.9 Å². The van der Waals surface area contributed by atoms with Crippen LogP contribution in [0.1, 0.15) is 16.7 Å². The number of H-pyrrole nitrogens is 1. The Morgan fingerprint density at radius 3 is 2.45 bits per heavy atom. The van der Waals surface area contributed by atoms with Gasteiger partial charge in [0.15, 0.2) is 5.78 Å². The minimum absolute atomic E-state index is 0.186. The number of aromatic nitrogens is 2. The Kier molecular flexibility index (Phi) is 4.48. The average molecular weight is 388 g/mol. The van der Waals surface area contributed by atoms with E-state index in [2.05, 4.69) is 4.98 Å². The second-order valence-electron chi connectivity index (χ2n) is 6.37. The van der Waals surface area contributed by atoms with E-state index in [0.717, 1.165) is 10.1 Å². The van der Waals surface area contributed by atoms with Gasteiger partial charge in [-0.05, 0) is 47.5 Å². The fourth-order valence-electron chi connectivity index (χ4n) is 3.21. The maximum Gasteiger partial charge on any atom is 0.335 e. The summed E-state index contributed by atoms with van der Waals surface area (Å²) in [6.07, 6.45) is 4.40. The van der Waals surface area contributed by atoms with Crippen LogP contribution in [0.5, 0.6) is 11.6 Å². The van der Waals surface area contributed by atoms with Gasteiger partial charge in [0.25, 0.3) is 5.56 Å².